The van der Waals surface area contributed by atoms with Crippen molar-refractivity contribution < 1.29 is 21.6 Å². The Morgan fingerprint density at radius 3 is 2.38 bits per heavy atom. The third-order valence-electron chi connectivity index (χ3n) is 4.23. The van der Waals surface area contributed by atoms with Gasteiger partial charge in [-0.25, -0.2) is 13.1 Å². The normalized spacial score (nSPS) is 18.5. The molecule has 136 valence electrons. The molecule has 1 unspecified atom stereocenters. The third kappa shape index (κ3) is 4.69. The number of hydrogen-bond acceptors (Lipinski definition) is 4. The first-order valence-corrected chi connectivity index (χ1v) is 9.18. The van der Waals surface area contributed by atoms with Gasteiger partial charge in [0.25, 0.3) is 0 Å². The number of rotatable bonds is 5. The standard InChI is InChI=1S/C15H22F3N3O2S/c1-11-3-4-13(9-12(11)2)24(22,23)20-10-14(15(16,17)18)21-7-5-19-6-8-21/h3-4,9,14,19-20H,5-8,10H2,1-2H3. The number of halogens is 3. The van der Waals surface area contributed by atoms with Gasteiger partial charge in [-0.05, 0) is 37.1 Å². The van der Waals surface area contributed by atoms with Crippen molar-refractivity contribution in [3.8, 4) is 0 Å². The number of hydrogen-bond donors (Lipinski definition) is 2. The van der Waals surface area contributed by atoms with Gasteiger partial charge in [-0.15, -0.1) is 0 Å². The molecule has 1 aromatic rings. The number of aryl methyl sites for hydroxylation is 2. The van der Waals surface area contributed by atoms with E-state index >= 15 is 0 Å². The SMILES string of the molecule is Cc1ccc(S(=O)(=O)NCC(N2CCNCC2)C(F)(F)F)cc1C. The fourth-order valence-corrected chi connectivity index (χ4v) is 3.72. The summed E-state index contributed by atoms with van der Waals surface area (Å²) in [6.07, 6.45) is -4.50. The second-order valence-corrected chi connectivity index (χ2v) is 7.71. The topological polar surface area (TPSA) is 61.4 Å². The fraction of sp³-hybridized carbons (Fsp3) is 0.600. The molecular weight excluding hydrogens is 343 g/mol. The van der Waals surface area contributed by atoms with Gasteiger partial charge in [-0.2, -0.15) is 13.2 Å². The number of nitrogens with zero attached hydrogens (tertiary/aromatic N) is 1. The molecule has 24 heavy (non-hydrogen) atoms. The maximum atomic E-state index is 13.3. The molecule has 1 heterocycles. The highest BCUT2D eigenvalue weighted by Gasteiger charge is 2.44. The van der Waals surface area contributed by atoms with Crippen LogP contribution in [0.2, 0.25) is 0 Å². The van der Waals surface area contributed by atoms with Gasteiger partial charge in [0.2, 0.25) is 10.0 Å². The lowest BCUT2D eigenvalue weighted by atomic mass is 10.1. The van der Waals surface area contributed by atoms with Gasteiger partial charge in [-0.1, -0.05) is 6.07 Å². The van der Waals surface area contributed by atoms with Crippen LogP contribution in [-0.2, 0) is 10.0 Å². The molecule has 1 fully saturated rings. The van der Waals surface area contributed by atoms with Crippen molar-refractivity contribution in [3.63, 3.8) is 0 Å². The van der Waals surface area contributed by atoms with Crippen molar-refractivity contribution in [2.45, 2.75) is 31.0 Å². The zero-order chi connectivity index (χ0) is 18.0. The van der Waals surface area contributed by atoms with Crippen LogP contribution in [0.3, 0.4) is 0 Å². The minimum absolute atomic E-state index is 0.0214. The molecule has 1 atom stereocenters. The maximum absolute atomic E-state index is 13.3. The lowest BCUT2D eigenvalue weighted by molar-refractivity contribution is -0.182. The summed E-state index contributed by atoms with van der Waals surface area (Å²) in [7, 11) is -3.99. The van der Waals surface area contributed by atoms with Crippen molar-refractivity contribution in [1.29, 1.82) is 0 Å². The summed E-state index contributed by atoms with van der Waals surface area (Å²) in [5, 5.41) is 2.98. The highest BCUT2D eigenvalue weighted by molar-refractivity contribution is 7.89. The molecule has 0 aliphatic carbocycles. The number of piperazine rings is 1. The average Bonchev–Trinajstić information content (AvgIpc) is 2.49. The highest BCUT2D eigenvalue weighted by Crippen LogP contribution is 2.25. The zero-order valence-corrected chi connectivity index (χ0v) is 14.5. The molecule has 0 bridgehead atoms. The Labute approximate surface area is 140 Å². The first-order chi connectivity index (χ1) is 11.1. The molecule has 9 heteroatoms. The second-order valence-electron chi connectivity index (χ2n) is 5.94. The van der Waals surface area contributed by atoms with E-state index in [1.54, 1.807) is 13.0 Å². The first kappa shape index (κ1) is 19.2. The van der Waals surface area contributed by atoms with E-state index in [2.05, 4.69) is 10.0 Å². The maximum Gasteiger partial charge on any atom is 0.405 e. The summed E-state index contributed by atoms with van der Waals surface area (Å²) in [4.78, 5) is 1.24. The molecule has 1 aliphatic heterocycles. The molecule has 2 rings (SSSR count). The third-order valence-corrected chi connectivity index (χ3v) is 5.65. The van der Waals surface area contributed by atoms with E-state index in [4.69, 9.17) is 0 Å². The summed E-state index contributed by atoms with van der Waals surface area (Å²) in [5.74, 6) is 0. The lowest BCUT2D eigenvalue weighted by Crippen LogP contribution is -2.57. The summed E-state index contributed by atoms with van der Waals surface area (Å²) in [6.45, 7) is 4.27. The largest absolute Gasteiger partial charge is 0.405 e. The van der Waals surface area contributed by atoms with Gasteiger partial charge in [-0.3, -0.25) is 4.90 Å². The Morgan fingerprint density at radius 1 is 1.21 bits per heavy atom. The monoisotopic (exact) mass is 365 g/mol. The highest BCUT2D eigenvalue weighted by atomic mass is 32.2. The molecule has 1 aromatic carbocycles. The van der Waals surface area contributed by atoms with Gasteiger partial charge >= 0.3 is 6.18 Å². The zero-order valence-electron chi connectivity index (χ0n) is 13.7. The quantitative estimate of drug-likeness (QED) is 0.829. The van der Waals surface area contributed by atoms with Crippen LogP contribution in [0.1, 0.15) is 11.1 Å². The molecule has 0 aromatic heterocycles. The average molecular weight is 365 g/mol. The predicted molar refractivity (Wildman–Crippen MR) is 85.4 cm³/mol. The molecule has 1 aliphatic rings. The molecule has 0 saturated carbocycles. The van der Waals surface area contributed by atoms with E-state index in [0.717, 1.165) is 11.1 Å². The lowest BCUT2D eigenvalue weighted by Gasteiger charge is -2.35. The minimum Gasteiger partial charge on any atom is -0.314 e. The summed E-state index contributed by atoms with van der Waals surface area (Å²) in [6, 6.07) is 2.67. The Kier molecular flexibility index (Phi) is 5.90. The predicted octanol–water partition coefficient (Wildman–Crippen LogP) is 1.42. The van der Waals surface area contributed by atoms with Crippen LogP contribution in [0.25, 0.3) is 0 Å². The van der Waals surface area contributed by atoms with Crippen LogP contribution in [-0.4, -0.2) is 58.3 Å². The van der Waals surface area contributed by atoms with Crippen LogP contribution in [0.5, 0.6) is 0 Å². The van der Waals surface area contributed by atoms with Crippen LogP contribution in [0.15, 0.2) is 23.1 Å². The molecule has 0 amide bonds. The van der Waals surface area contributed by atoms with Crippen molar-refractivity contribution in [3.05, 3.63) is 29.3 Å². The van der Waals surface area contributed by atoms with Gasteiger partial charge in [0.15, 0.2) is 0 Å². The van der Waals surface area contributed by atoms with Crippen LogP contribution < -0.4 is 10.0 Å². The van der Waals surface area contributed by atoms with Crippen molar-refractivity contribution in [1.82, 2.24) is 14.9 Å². The van der Waals surface area contributed by atoms with Gasteiger partial charge < -0.3 is 5.32 Å². The minimum atomic E-state index is -4.50. The summed E-state index contributed by atoms with van der Waals surface area (Å²) >= 11 is 0. The number of nitrogens with one attached hydrogen (secondary N) is 2. The Morgan fingerprint density at radius 2 is 1.83 bits per heavy atom. The van der Waals surface area contributed by atoms with Crippen molar-refractivity contribution in [2.24, 2.45) is 0 Å². The van der Waals surface area contributed by atoms with Gasteiger partial charge in [0.05, 0.1) is 4.90 Å². The summed E-state index contributed by atoms with van der Waals surface area (Å²) in [5.41, 5.74) is 1.69. The van der Waals surface area contributed by atoms with Gasteiger partial charge in [0, 0.05) is 32.7 Å². The second kappa shape index (κ2) is 7.38. The van der Waals surface area contributed by atoms with E-state index in [9.17, 15) is 21.6 Å². The van der Waals surface area contributed by atoms with E-state index in [1.807, 2.05) is 6.92 Å². The smallest absolute Gasteiger partial charge is 0.314 e. The Bertz CT molecular complexity index is 671. The molecular formula is C15H22F3N3O2S. The molecule has 1 saturated heterocycles. The molecule has 0 radical (unpaired) electrons. The van der Waals surface area contributed by atoms with E-state index in [1.165, 1.54) is 17.0 Å². The van der Waals surface area contributed by atoms with E-state index in [-0.39, 0.29) is 18.0 Å². The van der Waals surface area contributed by atoms with Crippen LogP contribution >= 0.6 is 0 Å². The van der Waals surface area contributed by atoms with Crippen molar-refractivity contribution >= 4 is 10.0 Å². The van der Waals surface area contributed by atoms with Crippen molar-refractivity contribution in [2.75, 3.05) is 32.7 Å². The number of sulfonamides is 1. The summed E-state index contributed by atoms with van der Waals surface area (Å²) < 4.78 is 66.6. The first-order valence-electron chi connectivity index (χ1n) is 7.69. The van der Waals surface area contributed by atoms with E-state index < -0.39 is 28.8 Å². The molecule has 2 N–H and O–H groups in total. The Balaban J connectivity index is 2.13. The van der Waals surface area contributed by atoms with Gasteiger partial charge in [0.1, 0.15) is 6.04 Å². The number of alkyl halides is 3. The number of benzene rings is 1. The van der Waals surface area contributed by atoms with Crippen LogP contribution in [0, 0.1) is 13.8 Å². The van der Waals surface area contributed by atoms with Crippen LogP contribution in [0.4, 0.5) is 13.2 Å². The molecule has 5 nitrogen and oxygen atoms in total. The fourth-order valence-electron chi connectivity index (χ4n) is 2.60. The molecule has 0 spiro atoms. The van der Waals surface area contributed by atoms with E-state index in [0.29, 0.717) is 13.1 Å². The Hall–Kier alpha value is -1.16.